The lowest BCUT2D eigenvalue weighted by molar-refractivity contribution is -0.149. The van der Waals surface area contributed by atoms with E-state index < -0.39 is 0 Å². The highest BCUT2D eigenvalue weighted by molar-refractivity contribution is 5.72. The van der Waals surface area contributed by atoms with Crippen molar-refractivity contribution >= 4 is 11.7 Å². The van der Waals surface area contributed by atoms with E-state index in [1.807, 2.05) is 19.1 Å². The molecule has 1 aromatic heterocycles. The molecule has 1 fully saturated rings. The Kier molecular flexibility index (Phi) is 4.18. The highest BCUT2D eigenvalue weighted by Gasteiger charge is 2.29. The number of aromatic nitrogens is 1. The van der Waals surface area contributed by atoms with Gasteiger partial charge in [0, 0.05) is 12.1 Å². The van der Waals surface area contributed by atoms with Crippen LogP contribution in [0.5, 0.6) is 0 Å². The third-order valence-electron chi connectivity index (χ3n) is 3.61. The van der Waals surface area contributed by atoms with Crippen LogP contribution >= 0.6 is 0 Å². The van der Waals surface area contributed by atoms with E-state index >= 15 is 0 Å². The maximum Gasteiger partial charge on any atom is 0.308 e. The summed E-state index contributed by atoms with van der Waals surface area (Å²) in [6.07, 6.45) is 5.46. The summed E-state index contributed by atoms with van der Waals surface area (Å²) in [6.45, 7) is 2.31. The summed E-state index contributed by atoms with van der Waals surface area (Å²) in [4.78, 5) is 16.0. The van der Waals surface area contributed by atoms with Crippen LogP contribution in [0.4, 0.5) is 5.69 Å². The second kappa shape index (κ2) is 5.85. The van der Waals surface area contributed by atoms with Crippen molar-refractivity contribution in [1.29, 1.82) is 0 Å². The number of carbonyl (C=O) groups is 1. The number of rotatable bonds is 3. The normalized spacial score (nSPS) is 23.6. The van der Waals surface area contributed by atoms with Gasteiger partial charge in [0.2, 0.25) is 0 Å². The van der Waals surface area contributed by atoms with Gasteiger partial charge in [-0.15, -0.1) is 0 Å². The number of carbonyl (C=O) groups excluding carboxylic acids is 1. The molecule has 98 valence electrons. The fourth-order valence-electron chi connectivity index (χ4n) is 2.63. The van der Waals surface area contributed by atoms with E-state index in [0.29, 0.717) is 12.5 Å². The van der Waals surface area contributed by atoms with E-state index in [1.54, 1.807) is 6.20 Å². The van der Waals surface area contributed by atoms with Crippen LogP contribution in [0.25, 0.3) is 0 Å². The van der Waals surface area contributed by atoms with Crippen LogP contribution in [0.3, 0.4) is 0 Å². The van der Waals surface area contributed by atoms with Gasteiger partial charge in [0.05, 0.1) is 23.9 Å². The number of nitrogen functional groups attached to an aromatic ring is 1. The van der Waals surface area contributed by atoms with E-state index in [2.05, 4.69) is 4.98 Å². The van der Waals surface area contributed by atoms with Crippen molar-refractivity contribution in [3.63, 3.8) is 0 Å². The Bertz CT molecular complexity index is 412. The van der Waals surface area contributed by atoms with E-state index in [9.17, 15) is 4.79 Å². The average molecular weight is 248 g/mol. The van der Waals surface area contributed by atoms with Gasteiger partial charge in [-0.3, -0.25) is 9.78 Å². The Hall–Kier alpha value is -1.58. The van der Waals surface area contributed by atoms with Crippen molar-refractivity contribution in [2.45, 2.75) is 38.5 Å². The zero-order valence-corrected chi connectivity index (χ0v) is 10.8. The molecule has 0 amide bonds. The van der Waals surface area contributed by atoms with E-state index in [4.69, 9.17) is 10.5 Å². The van der Waals surface area contributed by atoms with E-state index in [0.717, 1.165) is 37.1 Å². The first-order valence-corrected chi connectivity index (χ1v) is 6.59. The number of nitrogens with zero attached hydrogens (tertiary/aromatic N) is 1. The van der Waals surface area contributed by atoms with Crippen LogP contribution in [0.15, 0.2) is 18.3 Å². The zero-order chi connectivity index (χ0) is 13.0. The van der Waals surface area contributed by atoms with Crippen LogP contribution in [-0.2, 0) is 9.53 Å². The van der Waals surface area contributed by atoms with Crippen molar-refractivity contribution in [3.8, 4) is 0 Å². The average Bonchev–Trinajstić information content (AvgIpc) is 2.40. The standard InChI is InChI=1S/C14H20N2O2/c1-2-18-14(17)11-7-5-10(6-8-11)13-12(15)4-3-9-16-13/h3-4,9-11H,2,5-8,15H2,1H3. The van der Waals surface area contributed by atoms with Crippen LogP contribution in [0, 0.1) is 5.92 Å². The Balaban J connectivity index is 1.95. The van der Waals surface area contributed by atoms with Gasteiger partial charge in [-0.05, 0) is 44.7 Å². The molecule has 1 saturated carbocycles. The molecule has 0 atom stereocenters. The fraction of sp³-hybridized carbons (Fsp3) is 0.571. The van der Waals surface area contributed by atoms with E-state index in [-0.39, 0.29) is 11.9 Å². The van der Waals surface area contributed by atoms with Crippen molar-refractivity contribution in [3.05, 3.63) is 24.0 Å². The molecule has 2 rings (SSSR count). The Labute approximate surface area is 108 Å². The maximum atomic E-state index is 11.6. The van der Waals surface area contributed by atoms with E-state index in [1.165, 1.54) is 0 Å². The van der Waals surface area contributed by atoms with Gasteiger partial charge >= 0.3 is 5.97 Å². The number of esters is 1. The summed E-state index contributed by atoms with van der Waals surface area (Å²) in [6, 6.07) is 3.74. The molecule has 4 nitrogen and oxygen atoms in total. The van der Waals surface area contributed by atoms with Crippen LogP contribution in [0.2, 0.25) is 0 Å². The topological polar surface area (TPSA) is 65.2 Å². The maximum absolute atomic E-state index is 11.6. The van der Waals surface area contributed by atoms with Gasteiger partial charge in [0.1, 0.15) is 0 Å². The second-order valence-electron chi connectivity index (χ2n) is 4.78. The SMILES string of the molecule is CCOC(=O)C1CCC(c2ncccc2N)CC1. The van der Waals surface area contributed by atoms with Crippen LogP contribution in [-0.4, -0.2) is 17.6 Å². The molecular formula is C14H20N2O2. The number of hydrogen-bond acceptors (Lipinski definition) is 4. The monoisotopic (exact) mass is 248 g/mol. The third kappa shape index (κ3) is 2.81. The Morgan fingerprint density at radius 3 is 2.78 bits per heavy atom. The minimum absolute atomic E-state index is 0.0510. The molecule has 0 aromatic carbocycles. The second-order valence-corrected chi connectivity index (χ2v) is 4.78. The lowest BCUT2D eigenvalue weighted by Crippen LogP contribution is -2.23. The number of anilines is 1. The number of ether oxygens (including phenoxy) is 1. The minimum Gasteiger partial charge on any atom is -0.466 e. The summed E-state index contributed by atoms with van der Waals surface area (Å²) >= 11 is 0. The third-order valence-corrected chi connectivity index (χ3v) is 3.61. The number of hydrogen-bond donors (Lipinski definition) is 1. The molecule has 4 heteroatoms. The molecular weight excluding hydrogens is 228 g/mol. The molecule has 0 aliphatic heterocycles. The molecule has 0 spiro atoms. The van der Waals surface area contributed by atoms with Gasteiger partial charge in [0.15, 0.2) is 0 Å². The highest BCUT2D eigenvalue weighted by atomic mass is 16.5. The summed E-state index contributed by atoms with van der Waals surface area (Å²) < 4.78 is 5.07. The van der Waals surface area contributed by atoms with Crippen molar-refractivity contribution in [2.24, 2.45) is 5.92 Å². The molecule has 0 bridgehead atoms. The number of nitrogens with two attached hydrogens (primary N) is 1. The highest BCUT2D eigenvalue weighted by Crippen LogP contribution is 2.37. The first-order chi connectivity index (χ1) is 8.72. The minimum atomic E-state index is -0.0510. The Morgan fingerprint density at radius 2 is 2.17 bits per heavy atom. The van der Waals surface area contributed by atoms with Gasteiger partial charge in [-0.2, -0.15) is 0 Å². The van der Waals surface area contributed by atoms with Gasteiger partial charge in [0.25, 0.3) is 0 Å². The van der Waals surface area contributed by atoms with Crippen molar-refractivity contribution in [1.82, 2.24) is 4.98 Å². The van der Waals surface area contributed by atoms with Crippen LogP contribution < -0.4 is 5.73 Å². The molecule has 1 aliphatic rings. The van der Waals surface area contributed by atoms with Crippen molar-refractivity contribution in [2.75, 3.05) is 12.3 Å². The predicted octanol–water partition coefficient (Wildman–Crippen LogP) is 2.50. The molecule has 18 heavy (non-hydrogen) atoms. The molecule has 1 aromatic rings. The lowest BCUT2D eigenvalue weighted by Gasteiger charge is -2.27. The quantitative estimate of drug-likeness (QED) is 0.835. The molecule has 2 N–H and O–H groups in total. The summed E-state index contributed by atoms with van der Waals surface area (Å²) in [7, 11) is 0. The summed E-state index contributed by atoms with van der Waals surface area (Å²) in [5, 5.41) is 0. The fourth-order valence-corrected chi connectivity index (χ4v) is 2.63. The Morgan fingerprint density at radius 1 is 1.44 bits per heavy atom. The van der Waals surface area contributed by atoms with Crippen LogP contribution in [0.1, 0.15) is 44.2 Å². The number of pyridine rings is 1. The molecule has 0 unspecified atom stereocenters. The molecule has 1 heterocycles. The van der Waals surface area contributed by atoms with Gasteiger partial charge < -0.3 is 10.5 Å². The first-order valence-electron chi connectivity index (χ1n) is 6.59. The summed E-state index contributed by atoms with van der Waals surface area (Å²) in [5.41, 5.74) is 7.69. The lowest BCUT2D eigenvalue weighted by atomic mass is 9.80. The zero-order valence-electron chi connectivity index (χ0n) is 10.8. The first kappa shape index (κ1) is 12.9. The predicted molar refractivity (Wildman–Crippen MR) is 70.0 cm³/mol. The summed E-state index contributed by atoms with van der Waals surface area (Å²) in [5.74, 6) is 0.396. The molecule has 0 saturated heterocycles. The van der Waals surface area contributed by atoms with Crippen molar-refractivity contribution < 1.29 is 9.53 Å². The largest absolute Gasteiger partial charge is 0.466 e. The molecule has 0 radical (unpaired) electrons. The van der Waals surface area contributed by atoms with Gasteiger partial charge in [-0.25, -0.2) is 0 Å². The van der Waals surface area contributed by atoms with Gasteiger partial charge in [-0.1, -0.05) is 0 Å². The molecule has 1 aliphatic carbocycles. The smallest absolute Gasteiger partial charge is 0.308 e.